The predicted molar refractivity (Wildman–Crippen MR) is 104 cm³/mol. The van der Waals surface area contributed by atoms with Gasteiger partial charge >= 0.3 is 6.09 Å². The smallest absolute Gasteiger partial charge is 0.410 e. The Morgan fingerprint density at radius 1 is 1.26 bits per heavy atom. The van der Waals surface area contributed by atoms with Gasteiger partial charge < -0.3 is 15.0 Å². The van der Waals surface area contributed by atoms with Crippen LogP contribution in [0.4, 0.5) is 9.80 Å². The highest BCUT2D eigenvalue weighted by molar-refractivity contribution is 7.16. The Balaban J connectivity index is 1.80. The number of thiophene rings is 1. The standard InChI is InChI=1S/C20H21N3O3S/c1-20(2,3)26-19(25)23-10-9-14-15(11-21)18(27-16(14)12-23)22-17(24)13-7-5-4-6-8-13/h4-8H,9-10,12H2,1-3H3,(H,22,24). The highest BCUT2D eigenvalue weighted by atomic mass is 32.1. The molecule has 1 N–H and O–H groups in total. The highest BCUT2D eigenvalue weighted by Crippen LogP contribution is 2.37. The summed E-state index contributed by atoms with van der Waals surface area (Å²) in [6.07, 6.45) is 0.199. The van der Waals surface area contributed by atoms with Crippen LogP contribution in [0.3, 0.4) is 0 Å². The molecule has 7 heteroatoms. The SMILES string of the molecule is CC(C)(C)OC(=O)N1CCc2c(sc(NC(=O)c3ccccc3)c2C#N)C1. The van der Waals surface area contributed by atoms with Crippen LogP contribution in [0, 0.1) is 11.3 Å². The number of fused-ring (bicyclic) bond motifs is 1. The number of carbonyl (C=O) groups is 2. The van der Waals surface area contributed by atoms with Crippen LogP contribution < -0.4 is 5.32 Å². The minimum atomic E-state index is -0.556. The monoisotopic (exact) mass is 383 g/mol. The Hall–Kier alpha value is -2.85. The average Bonchev–Trinajstić information content (AvgIpc) is 2.97. The Kier molecular flexibility index (Phi) is 5.19. The van der Waals surface area contributed by atoms with E-state index in [0.717, 1.165) is 10.4 Å². The zero-order valence-electron chi connectivity index (χ0n) is 15.5. The lowest BCUT2D eigenvalue weighted by atomic mass is 10.0. The molecule has 0 unspecified atom stereocenters. The van der Waals surface area contributed by atoms with Gasteiger partial charge in [-0.15, -0.1) is 11.3 Å². The van der Waals surface area contributed by atoms with E-state index >= 15 is 0 Å². The summed E-state index contributed by atoms with van der Waals surface area (Å²) in [7, 11) is 0. The summed E-state index contributed by atoms with van der Waals surface area (Å²) < 4.78 is 5.43. The van der Waals surface area contributed by atoms with Gasteiger partial charge in [-0.2, -0.15) is 5.26 Å². The minimum absolute atomic E-state index is 0.255. The van der Waals surface area contributed by atoms with E-state index in [9.17, 15) is 14.9 Å². The summed E-state index contributed by atoms with van der Waals surface area (Å²) in [5.74, 6) is -0.255. The number of ether oxygens (including phenoxy) is 1. The van der Waals surface area contributed by atoms with Gasteiger partial charge in [-0.1, -0.05) is 18.2 Å². The first-order chi connectivity index (χ1) is 12.8. The van der Waals surface area contributed by atoms with E-state index in [2.05, 4.69) is 11.4 Å². The molecule has 0 aliphatic carbocycles. The summed E-state index contributed by atoms with van der Waals surface area (Å²) in [5.41, 5.74) is 1.37. The van der Waals surface area contributed by atoms with Crippen LogP contribution >= 0.6 is 11.3 Å². The summed E-state index contributed by atoms with van der Waals surface area (Å²) >= 11 is 1.34. The molecule has 0 saturated carbocycles. The maximum Gasteiger partial charge on any atom is 0.410 e. The lowest BCUT2D eigenvalue weighted by Crippen LogP contribution is -2.39. The van der Waals surface area contributed by atoms with Crippen molar-refractivity contribution in [3.05, 3.63) is 51.9 Å². The molecular formula is C20H21N3O3S. The van der Waals surface area contributed by atoms with Gasteiger partial charge in [0.1, 0.15) is 16.7 Å². The van der Waals surface area contributed by atoms with Crippen molar-refractivity contribution in [2.24, 2.45) is 0 Å². The van der Waals surface area contributed by atoms with Gasteiger partial charge in [-0.05, 0) is 44.9 Å². The summed E-state index contributed by atoms with van der Waals surface area (Å²) in [5, 5.41) is 12.9. The van der Waals surface area contributed by atoms with Gasteiger partial charge in [0.05, 0.1) is 12.1 Å². The molecule has 0 atom stereocenters. The molecule has 1 aromatic carbocycles. The van der Waals surface area contributed by atoms with Crippen molar-refractivity contribution >= 4 is 28.3 Å². The van der Waals surface area contributed by atoms with Crippen LogP contribution in [0.25, 0.3) is 0 Å². The van der Waals surface area contributed by atoms with Crippen LogP contribution in [-0.4, -0.2) is 29.0 Å². The zero-order valence-corrected chi connectivity index (χ0v) is 16.4. The summed E-state index contributed by atoms with van der Waals surface area (Å²) in [6.45, 7) is 6.35. The second-order valence-corrected chi connectivity index (χ2v) is 8.40. The molecule has 3 rings (SSSR count). The fourth-order valence-electron chi connectivity index (χ4n) is 2.86. The molecule has 0 radical (unpaired) electrons. The van der Waals surface area contributed by atoms with Gasteiger partial charge in [-0.3, -0.25) is 4.79 Å². The molecule has 0 bridgehead atoms. The van der Waals surface area contributed by atoms with E-state index in [0.29, 0.717) is 35.6 Å². The van der Waals surface area contributed by atoms with E-state index in [1.54, 1.807) is 29.2 Å². The second-order valence-electron chi connectivity index (χ2n) is 7.29. The topological polar surface area (TPSA) is 82.4 Å². The Bertz CT molecular complexity index is 907. The number of hydrogen-bond acceptors (Lipinski definition) is 5. The fraction of sp³-hybridized carbons (Fsp3) is 0.350. The first-order valence-electron chi connectivity index (χ1n) is 8.67. The minimum Gasteiger partial charge on any atom is -0.444 e. The zero-order chi connectivity index (χ0) is 19.6. The highest BCUT2D eigenvalue weighted by Gasteiger charge is 2.30. The molecule has 1 aliphatic heterocycles. The first-order valence-corrected chi connectivity index (χ1v) is 9.49. The molecule has 6 nitrogen and oxygen atoms in total. The van der Waals surface area contributed by atoms with Crippen molar-refractivity contribution in [1.29, 1.82) is 5.26 Å². The quantitative estimate of drug-likeness (QED) is 0.844. The number of benzene rings is 1. The van der Waals surface area contributed by atoms with Crippen LogP contribution in [0.5, 0.6) is 0 Å². The molecular weight excluding hydrogens is 362 g/mol. The Labute approximate surface area is 162 Å². The number of nitriles is 1. The average molecular weight is 383 g/mol. The third-order valence-corrected chi connectivity index (χ3v) is 5.22. The molecule has 2 heterocycles. The van der Waals surface area contributed by atoms with Gasteiger partial charge in [0.15, 0.2) is 0 Å². The first kappa shape index (κ1) is 18.9. The maximum atomic E-state index is 12.4. The lowest BCUT2D eigenvalue weighted by molar-refractivity contribution is 0.0226. The van der Waals surface area contributed by atoms with Crippen LogP contribution in [0.1, 0.15) is 47.1 Å². The van der Waals surface area contributed by atoms with Gasteiger partial charge in [0.25, 0.3) is 5.91 Å². The van der Waals surface area contributed by atoms with Crippen molar-refractivity contribution in [2.45, 2.75) is 39.3 Å². The third-order valence-electron chi connectivity index (χ3n) is 4.08. The molecule has 2 aromatic rings. The van der Waals surface area contributed by atoms with Gasteiger partial charge in [-0.25, -0.2) is 4.79 Å². The Morgan fingerprint density at radius 2 is 1.96 bits per heavy atom. The molecule has 1 aliphatic rings. The van der Waals surface area contributed by atoms with Gasteiger partial charge in [0, 0.05) is 17.0 Å². The molecule has 1 aromatic heterocycles. The van der Waals surface area contributed by atoms with E-state index in [1.165, 1.54) is 11.3 Å². The van der Waals surface area contributed by atoms with E-state index in [1.807, 2.05) is 26.8 Å². The van der Waals surface area contributed by atoms with Crippen molar-refractivity contribution in [1.82, 2.24) is 4.90 Å². The number of hydrogen-bond donors (Lipinski definition) is 1. The number of anilines is 1. The van der Waals surface area contributed by atoms with E-state index < -0.39 is 5.60 Å². The summed E-state index contributed by atoms with van der Waals surface area (Å²) in [4.78, 5) is 27.3. The van der Waals surface area contributed by atoms with Crippen LogP contribution in [-0.2, 0) is 17.7 Å². The largest absolute Gasteiger partial charge is 0.444 e. The second kappa shape index (κ2) is 7.41. The number of nitrogens with one attached hydrogen (secondary N) is 1. The molecule has 0 saturated heterocycles. The number of nitrogens with zero attached hydrogens (tertiary/aromatic N) is 2. The maximum absolute atomic E-state index is 12.4. The normalized spacial score (nSPS) is 13.5. The molecule has 0 spiro atoms. The van der Waals surface area contributed by atoms with Crippen LogP contribution in [0.2, 0.25) is 0 Å². The molecule has 27 heavy (non-hydrogen) atoms. The number of amides is 2. The third kappa shape index (κ3) is 4.29. The summed E-state index contributed by atoms with van der Waals surface area (Å²) in [6, 6.07) is 11.1. The van der Waals surface area contributed by atoms with Gasteiger partial charge in [0.2, 0.25) is 0 Å². The molecule has 0 fully saturated rings. The fourth-order valence-corrected chi connectivity index (χ4v) is 4.07. The predicted octanol–water partition coefficient (Wildman–Crippen LogP) is 4.17. The number of rotatable bonds is 2. The number of carbonyl (C=O) groups excluding carboxylic acids is 2. The Morgan fingerprint density at radius 3 is 2.59 bits per heavy atom. The van der Waals surface area contributed by atoms with E-state index in [-0.39, 0.29) is 12.0 Å². The van der Waals surface area contributed by atoms with Crippen molar-refractivity contribution in [2.75, 3.05) is 11.9 Å². The van der Waals surface area contributed by atoms with Crippen molar-refractivity contribution < 1.29 is 14.3 Å². The molecule has 140 valence electrons. The van der Waals surface area contributed by atoms with E-state index in [4.69, 9.17) is 4.74 Å². The van der Waals surface area contributed by atoms with Crippen molar-refractivity contribution in [3.63, 3.8) is 0 Å². The molecule has 2 amide bonds. The van der Waals surface area contributed by atoms with Crippen molar-refractivity contribution in [3.8, 4) is 6.07 Å². The lowest BCUT2D eigenvalue weighted by Gasteiger charge is -2.29. The van der Waals surface area contributed by atoms with Crippen LogP contribution in [0.15, 0.2) is 30.3 Å².